The predicted octanol–water partition coefficient (Wildman–Crippen LogP) is 1.62. The van der Waals surface area contributed by atoms with Gasteiger partial charge in [-0.1, -0.05) is 0 Å². The first kappa shape index (κ1) is 12.8. The molecule has 0 bridgehead atoms. The summed E-state index contributed by atoms with van der Waals surface area (Å²) in [5.41, 5.74) is 5.88. The minimum atomic E-state index is -3.75. The van der Waals surface area contributed by atoms with E-state index < -0.39 is 10.0 Å². The number of aromatic nitrogens is 2. The molecule has 2 heterocycles. The van der Waals surface area contributed by atoms with Crippen LogP contribution in [0.1, 0.15) is 0 Å². The van der Waals surface area contributed by atoms with Gasteiger partial charge in [-0.25, -0.2) is 18.4 Å². The number of sulfonamides is 1. The van der Waals surface area contributed by atoms with E-state index in [1.807, 2.05) is 0 Å². The summed E-state index contributed by atoms with van der Waals surface area (Å²) in [7, 11) is -3.75. The van der Waals surface area contributed by atoms with Gasteiger partial charge < -0.3 is 5.73 Å². The fraction of sp³-hybridized carbons (Fsp3) is 0. The number of nitrogen functional groups attached to an aromatic ring is 1. The maximum Gasteiger partial charge on any atom is 0.265 e. The van der Waals surface area contributed by atoms with Gasteiger partial charge in [-0.05, 0) is 40.2 Å². The summed E-state index contributed by atoms with van der Waals surface area (Å²) in [4.78, 5) is 7.60. The summed E-state index contributed by atoms with van der Waals surface area (Å²) in [6.45, 7) is 0. The zero-order valence-electron chi connectivity index (χ0n) is 9.04. The number of nitrogens with zero attached hydrogens (tertiary/aromatic N) is 2. The van der Waals surface area contributed by atoms with Crippen LogP contribution in [-0.4, -0.2) is 18.4 Å². The molecule has 0 aliphatic heterocycles. The molecule has 0 fully saturated rings. The first-order valence-corrected chi connectivity index (χ1v) is 7.11. The van der Waals surface area contributed by atoms with Crippen LogP contribution in [0.15, 0.2) is 46.2 Å². The van der Waals surface area contributed by atoms with E-state index in [1.165, 1.54) is 24.5 Å². The van der Waals surface area contributed by atoms with Gasteiger partial charge in [0, 0.05) is 6.20 Å². The van der Waals surface area contributed by atoms with Crippen LogP contribution < -0.4 is 10.5 Å². The standard InChI is InChI=1S/C10H9BrN4O2S/c11-9-4-3-7(6-14-9)15-18(16,17)8-2-1-5-13-10(8)12/h1-6,15H,(H2,12,13). The number of rotatable bonds is 3. The highest BCUT2D eigenvalue weighted by Gasteiger charge is 2.17. The quantitative estimate of drug-likeness (QED) is 0.834. The molecule has 0 amide bonds. The van der Waals surface area contributed by atoms with Crippen molar-refractivity contribution < 1.29 is 8.42 Å². The highest BCUT2D eigenvalue weighted by Crippen LogP contribution is 2.19. The van der Waals surface area contributed by atoms with Crippen molar-refractivity contribution >= 4 is 37.5 Å². The molecule has 94 valence electrons. The lowest BCUT2D eigenvalue weighted by Crippen LogP contribution is -2.15. The SMILES string of the molecule is Nc1ncccc1S(=O)(=O)Nc1ccc(Br)nc1. The number of nitrogens with two attached hydrogens (primary N) is 1. The normalized spacial score (nSPS) is 11.2. The van der Waals surface area contributed by atoms with Crippen molar-refractivity contribution in [1.29, 1.82) is 0 Å². The van der Waals surface area contributed by atoms with Crippen LogP contribution in [0.3, 0.4) is 0 Å². The molecular weight excluding hydrogens is 320 g/mol. The first-order chi connectivity index (χ1) is 8.49. The average molecular weight is 329 g/mol. The maximum absolute atomic E-state index is 12.0. The topological polar surface area (TPSA) is 98.0 Å². The van der Waals surface area contributed by atoms with Gasteiger partial charge in [0.2, 0.25) is 0 Å². The molecule has 2 aromatic heterocycles. The van der Waals surface area contributed by atoms with E-state index in [-0.39, 0.29) is 10.7 Å². The fourth-order valence-corrected chi connectivity index (χ4v) is 2.64. The van der Waals surface area contributed by atoms with Gasteiger partial charge in [0.15, 0.2) is 0 Å². The highest BCUT2D eigenvalue weighted by atomic mass is 79.9. The van der Waals surface area contributed by atoms with E-state index in [0.717, 1.165) is 0 Å². The minimum absolute atomic E-state index is 0.0462. The number of anilines is 2. The van der Waals surface area contributed by atoms with E-state index >= 15 is 0 Å². The van der Waals surface area contributed by atoms with E-state index in [0.29, 0.717) is 10.3 Å². The zero-order valence-corrected chi connectivity index (χ0v) is 11.4. The van der Waals surface area contributed by atoms with Crippen molar-refractivity contribution in [2.75, 3.05) is 10.5 Å². The number of halogens is 1. The first-order valence-electron chi connectivity index (χ1n) is 4.84. The number of hydrogen-bond acceptors (Lipinski definition) is 5. The smallest absolute Gasteiger partial charge is 0.265 e. The lowest BCUT2D eigenvalue weighted by atomic mass is 10.4. The second-order valence-corrected chi connectivity index (χ2v) is 5.83. The van der Waals surface area contributed by atoms with Gasteiger partial charge in [-0.2, -0.15) is 0 Å². The van der Waals surface area contributed by atoms with Crippen molar-refractivity contribution in [3.8, 4) is 0 Å². The summed E-state index contributed by atoms with van der Waals surface area (Å²) in [6.07, 6.45) is 2.82. The molecule has 3 N–H and O–H groups in total. The third kappa shape index (κ3) is 2.77. The molecule has 0 saturated carbocycles. The van der Waals surface area contributed by atoms with Gasteiger partial charge in [-0.3, -0.25) is 4.72 Å². The second-order valence-electron chi connectivity index (χ2n) is 3.36. The van der Waals surface area contributed by atoms with Crippen LogP contribution in [0.25, 0.3) is 0 Å². The largest absolute Gasteiger partial charge is 0.383 e. The predicted molar refractivity (Wildman–Crippen MR) is 71.4 cm³/mol. The molecule has 6 nitrogen and oxygen atoms in total. The van der Waals surface area contributed by atoms with Gasteiger partial charge >= 0.3 is 0 Å². The van der Waals surface area contributed by atoms with Crippen LogP contribution in [0.5, 0.6) is 0 Å². The van der Waals surface area contributed by atoms with Gasteiger partial charge in [-0.15, -0.1) is 0 Å². The Balaban J connectivity index is 2.33. The summed E-state index contributed by atoms with van der Waals surface area (Å²) < 4.78 is 27.1. The van der Waals surface area contributed by atoms with Crippen molar-refractivity contribution in [1.82, 2.24) is 9.97 Å². The van der Waals surface area contributed by atoms with Gasteiger partial charge in [0.25, 0.3) is 10.0 Å². The molecule has 0 aromatic carbocycles. The molecule has 18 heavy (non-hydrogen) atoms. The molecule has 0 saturated heterocycles. The van der Waals surface area contributed by atoms with E-state index in [1.54, 1.807) is 12.1 Å². The van der Waals surface area contributed by atoms with Crippen molar-refractivity contribution in [2.45, 2.75) is 4.90 Å². The third-order valence-electron chi connectivity index (χ3n) is 2.07. The molecule has 0 aliphatic rings. The summed E-state index contributed by atoms with van der Waals surface area (Å²) in [5, 5.41) is 0. The lowest BCUT2D eigenvalue weighted by molar-refractivity contribution is 0.601. The Hall–Kier alpha value is -1.67. The average Bonchev–Trinajstić information content (AvgIpc) is 2.32. The number of pyridine rings is 2. The lowest BCUT2D eigenvalue weighted by Gasteiger charge is -2.08. The van der Waals surface area contributed by atoms with Gasteiger partial charge in [0.05, 0.1) is 11.9 Å². The van der Waals surface area contributed by atoms with Crippen molar-refractivity contribution in [3.63, 3.8) is 0 Å². The summed E-state index contributed by atoms with van der Waals surface area (Å²) in [6, 6.07) is 6.10. The van der Waals surface area contributed by atoms with E-state index in [2.05, 4.69) is 30.6 Å². The van der Waals surface area contributed by atoms with Crippen LogP contribution in [0.4, 0.5) is 11.5 Å². The molecule has 0 atom stereocenters. The molecule has 0 aliphatic carbocycles. The Morgan fingerprint density at radius 1 is 1.22 bits per heavy atom. The third-order valence-corrected chi connectivity index (χ3v) is 3.97. The van der Waals surface area contributed by atoms with Crippen molar-refractivity contribution in [3.05, 3.63) is 41.3 Å². The molecule has 8 heteroatoms. The molecule has 2 aromatic rings. The Bertz CT molecular complexity index is 658. The Kier molecular flexibility index (Phi) is 3.48. The Labute approximate surface area is 112 Å². The van der Waals surface area contributed by atoms with Crippen LogP contribution >= 0.6 is 15.9 Å². The summed E-state index contributed by atoms with van der Waals surface area (Å²) >= 11 is 3.16. The maximum atomic E-state index is 12.0. The zero-order chi connectivity index (χ0) is 13.2. The molecule has 0 radical (unpaired) electrons. The second kappa shape index (κ2) is 4.91. The van der Waals surface area contributed by atoms with E-state index in [4.69, 9.17) is 5.73 Å². The Morgan fingerprint density at radius 2 is 2.00 bits per heavy atom. The highest BCUT2D eigenvalue weighted by molar-refractivity contribution is 9.10. The van der Waals surface area contributed by atoms with Crippen molar-refractivity contribution in [2.24, 2.45) is 0 Å². The monoisotopic (exact) mass is 328 g/mol. The number of hydrogen-bond donors (Lipinski definition) is 2. The molecule has 0 unspecified atom stereocenters. The molecular formula is C10H9BrN4O2S. The Morgan fingerprint density at radius 3 is 2.61 bits per heavy atom. The van der Waals surface area contributed by atoms with Crippen LogP contribution in [0.2, 0.25) is 0 Å². The molecule has 2 rings (SSSR count). The van der Waals surface area contributed by atoms with Gasteiger partial charge in [0.1, 0.15) is 15.3 Å². The van der Waals surface area contributed by atoms with Crippen LogP contribution in [0, 0.1) is 0 Å². The molecule has 0 spiro atoms. The fourth-order valence-electron chi connectivity index (χ4n) is 1.28. The number of nitrogens with one attached hydrogen (secondary N) is 1. The summed E-state index contributed by atoms with van der Waals surface area (Å²) in [5.74, 6) is -0.0462. The minimum Gasteiger partial charge on any atom is -0.383 e. The van der Waals surface area contributed by atoms with E-state index in [9.17, 15) is 8.42 Å². The van der Waals surface area contributed by atoms with Crippen LogP contribution in [-0.2, 0) is 10.0 Å².